The summed E-state index contributed by atoms with van der Waals surface area (Å²) in [6.07, 6.45) is 2.10. The van der Waals surface area contributed by atoms with Gasteiger partial charge in [0, 0.05) is 19.4 Å². The van der Waals surface area contributed by atoms with Gasteiger partial charge in [-0.25, -0.2) is 0 Å². The van der Waals surface area contributed by atoms with Crippen LogP contribution in [0.2, 0.25) is 5.02 Å². The number of ether oxygens (including phenoxy) is 2. The molecule has 112 valence electrons. The van der Waals surface area contributed by atoms with Crippen LogP contribution >= 0.6 is 11.6 Å². The highest BCUT2D eigenvalue weighted by atomic mass is 35.5. The van der Waals surface area contributed by atoms with Gasteiger partial charge in [-0.15, -0.1) is 0 Å². The zero-order valence-corrected chi connectivity index (χ0v) is 13.1. The highest BCUT2D eigenvalue weighted by Gasteiger charge is 2.16. The lowest BCUT2D eigenvalue weighted by Crippen LogP contribution is -2.26. The Hall–Kier alpha value is -0.770. The van der Waals surface area contributed by atoms with E-state index in [0.717, 1.165) is 44.9 Å². The summed E-state index contributed by atoms with van der Waals surface area (Å²) in [5.74, 6) is 1.44. The first-order valence-electron chi connectivity index (χ1n) is 7.38. The summed E-state index contributed by atoms with van der Waals surface area (Å²) in [5, 5.41) is 4.11. The number of halogens is 1. The van der Waals surface area contributed by atoms with E-state index in [1.165, 1.54) is 5.56 Å². The molecule has 1 aromatic rings. The molecule has 0 unspecified atom stereocenters. The molecular formula is C16H24ClNO2. The minimum Gasteiger partial charge on any atom is -0.489 e. The van der Waals surface area contributed by atoms with Crippen molar-refractivity contribution in [3.8, 4) is 5.75 Å². The molecule has 1 aromatic carbocycles. The Labute approximate surface area is 126 Å². The molecule has 20 heavy (non-hydrogen) atoms. The molecule has 0 saturated carbocycles. The molecule has 0 atom stereocenters. The molecule has 0 amide bonds. The van der Waals surface area contributed by atoms with E-state index in [2.05, 4.69) is 25.2 Å². The van der Waals surface area contributed by atoms with E-state index in [1.54, 1.807) is 0 Å². The molecule has 1 saturated heterocycles. The molecule has 0 aliphatic carbocycles. The Bertz CT molecular complexity index is 417. The van der Waals surface area contributed by atoms with Crippen molar-refractivity contribution in [2.24, 2.45) is 5.92 Å². The zero-order valence-electron chi connectivity index (χ0n) is 12.3. The third kappa shape index (κ3) is 4.97. The predicted molar refractivity (Wildman–Crippen MR) is 82.5 cm³/mol. The van der Waals surface area contributed by atoms with Crippen molar-refractivity contribution in [2.75, 3.05) is 19.8 Å². The Balaban J connectivity index is 1.88. The number of nitrogens with one attached hydrogen (secondary N) is 1. The molecule has 1 aliphatic rings. The van der Waals surface area contributed by atoms with Crippen molar-refractivity contribution in [1.29, 1.82) is 0 Å². The van der Waals surface area contributed by atoms with Crippen molar-refractivity contribution in [3.05, 3.63) is 28.8 Å². The number of hydrogen-bond donors (Lipinski definition) is 1. The number of rotatable bonds is 6. The van der Waals surface area contributed by atoms with E-state index in [4.69, 9.17) is 21.1 Å². The minimum absolute atomic E-state index is 0.228. The molecule has 0 aromatic heterocycles. The highest BCUT2D eigenvalue weighted by molar-refractivity contribution is 6.32. The van der Waals surface area contributed by atoms with Gasteiger partial charge in [0.1, 0.15) is 11.9 Å². The van der Waals surface area contributed by atoms with Crippen molar-refractivity contribution in [1.82, 2.24) is 5.32 Å². The molecule has 3 nitrogen and oxygen atoms in total. The average molecular weight is 298 g/mol. The molecule has 4 heteroatoms. The Kier molecular flexibility index (Phi) is 6.14. The quantitative estimate of drug-likeness (QED) is 0.869. The maximum Gasteiger partial charge on any atom is 0.138 e. The van der Waals surface area contributed by atoms with Crippen LogP contribution in [0.15, 0.2) is 18.2 Å². The predicted octanol–water partition coefficient (Wildman–Crippen LogP) is 3.64. The van der Waals surface area contributed by atoms with E-state index in [9.17, 15) is 0 Å². The van der Waals surface area contributed by atoms with Crippen LogP contribution in [0.3, 0.4) is 0 Å². The van der Waals surface area contributed by atoms with Gasteiger partial charge in [-0.1, -0.05) is 31.5 Å². The molecule has 1 fully saturated rings. The van der Waals surface area contributed by atoms with Gasteiger partial charge in [-0.2, -0.15) is 0 Å². The van der Waals surface area contributed by atoms with Crippen LogP contribution in [-0.2, 0) is 11.3 Å². The first-order valence-corrected chi connectivity index (χ1v) is 7.76. The second-order valence-corrected chi connectivity index (χ2v) is 6.13. The molecular weight excluding hydrogens is 274 g/mol. The van der Waals surface area contributed by atoms with E-state index in [1.807, 2.05) is 12.1 Å². The van der Waals surface area contributed by atoms with Crippen molar-refractivity contribution in [2.45, 2.75) is 39.3 Å². The van der Waals surface area contributed by atoms with Gasteiger partial charge in [-0.05, 0) is 30.2 Å². The topological polar surface area (TPSA) is 30.5 Å². The summed E-state index contributed by atoms with van der Waals surface area (Å²) in [7, 11) is 0. The van der Waals surface area contributed by atoms with E-state index >= 15 is 0 Å². The van der Waals surface area contributed by atoms with E-state index < -0.39 is 0 Å². The van der Waals surface area contributed by atoms with Crippen molar-refractivity contribution < 1.29 is 9.47 Å². The number of benzene rings is 1. The standard InChI is InChI=1S/C16H24ClNO2/c1-12(2)10-18-11-13-3-4-16(15(17)9-13)20-14-5-7-19-8-6-14/h3-4,9,12,14,18H,5-8,10-11H2,1-2H3. The van der Waals surface area contributed by atoms with E-state index in [-0.39, 0.29) is 6.10 Å². The maximum atomic E-state index is 6.31. The summed E-state index contributed by atoms with van der Waals surface area (Å²) in [4.78, 5) is 0. The van der Waals surface area contributed by atoms with Crippen LogP contribution in [0, 0.1) is 5.92 Å². The fraction of sp³-hybridized carbons (Fsp3) is 0.625. The summed E-state index contributed by atoms with van der Waals surface area (Å²) in [5.41, 5.74) is 1.19. The lowest BCUT2D eigenvalue weighted by molar-refractivity contribution is 0.0256. The first kappa shape index (κ1) is 15.6. The van der Waals surface area contributed by atoms with Crippen LogP contribution in [0.5, 0.6) is 5.75 Å². The summed E-state index contributed by atoms with van der Waals surface area (Å²) < 4.78 is 11.3. The van der Waals surface area contributed by atoms with Gasteiger partial charge in [0.25, 0.3) is 0 Å². The van der Waals surface area contributed by atoms with Crippen LogP contribution in [0.1, 0.15) is 32.3 Å². The highest BCUT2D eigenvalue weighted by Crippen LogP contribution is 2.28. The van der Waals surface area contributed by atoms with Crippen molar-refractivity contribution in [3.63, 3.8) is 0 Å². The Morgan fingerprint density at radius 3 is 2.75 bits per heavy atom. The number of hydrogen-bond acceptors (Lipinski definition) is 3. The van der Waals surface area contributed by atoms with Gasteiger partial charge in [0.15, 0.2) is 0 Å². The van der Waals surface area contributed by atoms with Crippen molar-refractivity contribution >= 4 is 11.6 Å². The molecule has 1 aliphatic heterocycles. The van der Waals surface area contributed by atoms with Crippen LogP contribution in [0.25, 0.3) is 0 Å². The molecule has 1 heterocycles. The van der Waals surface area contributed by atoms with Crippen LogP contribution < -0.4 is 10.1 Å². The molecule has 0 spiro atoms. The van der Waals surface area contributed by atoms with Crippen LogP contribution in [-0.4, -0.2) is 25.9 Å². The SMILES string of the molecule is CC(C)CNCc1ccc(OC2CCOCC2)c(Cl)c1. The van der Waals surface area contributed by atoms with E-state index in [0.29, 0.717) is 10.9 Å². The second-order valence-electron chi connectivity index (χ2n) is 5.72. The third-order valence-corrected chi connectivity index (χ3v) is 3.64. The fourth-order valence-electron chi connectivity index (χ4n) is 2.23. The maximum absolute atomic E-state index is 6.31. The lowest BCUT2D eigenvalue weighted by atomic mass is 10.1. The van der Waals surface area contributed by atoms with Gasteiger partial charge in [-0.3, -0.25) is 0 Å². The Morgan fingerprint density at radius 1 is 1.35 bits per heavy atom. The third-order valence-electron chi connectivity index (χ3n) is 3.34. The van der Waals surface area contributed by atoms with Gasteiger partial charge in [0.2, 0.25) is 0 Å². The largest absolute Gasteiger partial charge is 0.489 e. The molecule has 1 N–H and O–H groups in total. The summed E-state index contributed by atoms with van der Waals surface area (Å²) >= 11 is 6.31. The Morgan fingerprint density at radius 2 is 2.10 bits per heavy atom. The smallest absolute Gasteiger partial charge is 0.138 e. The van der Waals surface area contributed by atoms with Gasteiger partial charge in [0.05, 0.1) is 18.2 Å². The average Bonchev–Trinajstić information content (AvgIpc) is 2.42. The van der Waals surface area contributed by atoms with Gasteiger partial charge < -0.3 is 14.8 Å². The fourth-order valence-corrected chi connectivity index (χ4v) is 2.48. The van der Waals surface area contributed by atoms with Crippen LogP contribution in [0.4, 0.5) is 0 Å². The summed E-state index contributed by atoms with van der Waals surface area (Å²) in [6.45, 7) is 7.81. The second kappa shape index (κ2) is 7.87. The zero-order chi connectivity index (χ0) is 14.4. The lowest BCUT2D eigenvalue weighted by Gasteiger charge is -2.24. The minimum atomic E-state index is 0.228. The first-order chi connectivity index (χ1) is 9.65. The summed E-state index contributed by atoms with van der Waals surface area (Å²) in [6, 6.07) is 6.04. The normalized spacial score (nSPS) is 16.6. The van der Waals surface area contributed by atoms with Gasteiger partial charge >= 0.3 is 0 Å². The molecule has 0 radical (unpaired) electrons. The molecule has 2 rings (SSSR count). The molecule has 0 bridgehead atoms. The monoisotopic (exact) mass is 297 g/mol.